The third kappa shape index (κ3) is 1.73. The number of unbranched alkanes of at least 4 members (excludes halogenated alkanes) is 1. The molecule has 0 fully saturated rings. The fraction of sp³-hybridized carbons (Fsp3) is 0.625. The van der Waals surface area contributed by atoms with Gasteiger partial charge in [-0.05, 0) is 13.3 Å². The quantitative estimate of drug-likeness (QED) is 0.719. The zero-order valence-corrected chi connectivity index (χ0v) is 7.04. The first-order valence-electron chi connectivity index (χ1n) is 3.97. The Bertz CT molecular complexity index is 230. The molecule has 0 spiro atoms. The minimum Gasteiger partial charge on any atom is -0.504 e. The van der Waals surface area contributed by atoms with E-state index in [1.54, 1.807) is 0 Å². The monoisotopic (exact) mass is 154 g/mol. The molecule has 1 aromatic rings. The van der Waals surface area contributed by atoms with Crippen LogP contribution in [-0.4, -0.2) is 14.9 Å². The highest BCUT2D eigenvalue weighted by Gasteiger charge is 2.02. The molecular weight excluding hydrogens is 140 g/mol. The van der Waals surface area contributed by atoms with Crippen molar-refractivity contribution < 1.29 is 5.11 Å². The zero-order chi connectivity index (χ0) is 8.27. The van der Waals surface area contributed by atoms with Gasteiger partial charge in [0.25, 0.3) is 0 Å². The van der Waals surface area contributed by atoms with E-state index >= 15 is 0 Å². The van der Waals surface area contributed by atoms with Crippen molar-refractivity contribution in [1.82, 2.24) is 9.78 Å². The smallest absolute Gasteiger partial charge is 0.156 e. The van der Waals surface area contributed by atoms with Gasteiger partial charge in [0.15, 0.2) is 5.75 Å². The summed E-state index contributed by atoms with van der Waals surface area (Å²) in [5, 5.41) is 13.2. The summed E-state index contributed by atoms with van der Waals surface area (Å²) in [7, 11) is 0. The molecular formula is C8H14N2O. The van der Waals surface area contributed by atoms with E-state index in [1.807, 2.05) is 11.6 Å². The van der Waals surface area contributed by atoms with Crippen LogP contribution in [0.25, 0.3) is 0 Å². The van der Waals surface area contributed by atoms with Crippen molar-refractivity contribution in [2.45, 2.75) is 33.2 Å². The van der Waals surface area contributed by atoms with Crippen molar-refractivity contribution in [2.75, 3.05) is 0 Å². The van der Waals surface area contributed by atoms with Crippen LogP contribution in [0.2, 0.25) is 0 Å². The lowest BCUT2D eigenvalue weighted by atomic mass is 10.3. The van der Waals surface area contributed by atoms with Crippen LogP contribution in [-0.2, 0) is 6.54 Å². The van der Waals surface area contributed by atoms with Gasteiger partial charge >= 0.3 is 0 Å². The first kappa shape index (κ1) is 8.11. The molecule has 3 heteroatoms. The molecule has 11 heavy (non-hydrogen) atoms. The van der Waals surface area contributed by atoms with E-state index in [1.165, 1.54) is 6.20 Å². The first-order chi connectivity index (χ1) is 5.25. The summed E-state index contributed by atoms with van der Waals surface area (Å²) in [6.45, 7) is 4.92. The Balaban J connectivity index is 2.63. The minimum absolute atomic E-state index is 0.293. The maximum absolute atomic E-state index is 9.16. The number of hydrogen-bond acceptors (Lipinski definition) is 2. The molecule has 1 heterocycles. The Labute approximate surface area is 66.7 Å². The second-order valence-electron chi connectivity index (χ2n) is 2.69. The Morgan fingerprint density at radius 3 is 2.82 bits per heavy atom. The van der Waals surface area contributed by atoms with E-state index in [4.69, 9.17) is 5.11 Å². The Morgan fingerprint density at radius 2 is 2.36 bits per heavy atom. The highest BCUT2D eigenvalue weighted by Crippen LogP contribution is 2.13. The van der Waals surface area contributed by atoms with Crippen molar-refractivity contribution >= 4 is 0 Å². The van der Waals surface area contributed by atoms with Crippen LogP contribution >= 0.6 is 0 Å². The maximum atomic E-state index is 9.16. The molecule has 62 valence electrons. The molecule has 0 bridgehead atoms. The van der Waals surface area contributed by atoms with E-state index in [0.29, 0.717) is 5.75 Å². The van der Waals surface area contributed by atoms with Gasteiger partial charge in [0, 0.05) is 6.54 Å². The molecule has 1 aromatic heterocycles. The van der Waals surface area contributed by atoms with Crippen molar-refractivity contribution in [3.8, 4) is 5.75 Å². The Hall–Kier alpha value is -0.990. The second kappa shape index (κ2) is 3.42. The number of aromatic hydroxyl groups is 1. The van der Waals surface area contributed by atoms with E-state index in [2.05, 4.69) is 12.0 Å². The molecule has 0 saturated carbocycles. The van der Waals surface area contributed by atoms with E-state index in [0.717, 1.165) is 25.1 Å². The van der Waals surface area contributed by atoms with Crippen LogP contribution in [0.15, 0.2) is 6.20 Å². The van der Waals surface area contributed by atoms with E-state index < -0.39 is 0 Å². The van der Waals surface area contributed by atoms with Crippen LogP contribution in [0.3, 0.4) is 0 Å². The SMILES string of the molecule is CCCCn1ncc(O)c1C. The lowest BCUT2D eigenvalue weighted by Crippen LogP contribution is -2.01. The predicted octanol–water partition coefficient (Wildman–Crippen LogP) is 1.70. The molecule has 1 N–H and O–H groups in total. The predicted molar refractivity (Wildman–Crippen MR) is 43.5 cm³/mol. The molecule has 0 aliphatic rings. The maximum Gasteiger partial charge on any atom is 0.156 e. The molecule has 0 amide bonds. The lowest BCUT2D eigenvalue weighted by molar-refractivity contribution is 0.466. The van der Waals surface area contributed by atoms with Gasteiger partial charge in [-0.2, -0.15) is 5.10 Å². The fourth-order valence-corrected chi connectivity index (χ4v) is 0.970. The van der Waals surface area contributed by atoms with Crippen molar-refractivity contribution in [2.24, 2.45) is 0 Å². The van der Waals surface area contributed by atoms with Gasteiger partial charge in [-0.3, -0.25) is 4.68 Å². The largest absolute Gasteiger partial charge is 0.504 e. The number of aromatic nitrogens is 2. The van der Waals surface area contributed by atoms with Gasteiger partial charge in [0.05, 0.1) is 11.9 Å². The van der Waals surface area contributed by atoms with E-state index in [9.17, 15) is 0 Å². The van der Waals surface area contributed by atoms with Crippen molar-refractivity contribution in [3.05, 3.63) is 11.9 Å². The van der Waals surface area contributed by atoms with Crippen LogP contribution in [0, 0.1) is 6.92 Å². The van der Waals surface area contributed by atoms with Gasteiger partial charge in [-0.25, -0.2) is 0 Å². The Kier molecular flexibility index (Phi) is 2.52. The summed E-state index contributed by atoms with van der Waals surface area (Å²) in [5.74, 6) is 0.293. The van der Waals surface area contributed by atoms with Gasteiger partial charge in [0.1, 0.15) is 0 Å². The van der Waals surface area contributed by atoms with Crippen molar-refractivity contribution in [3.63, 3.8) is 0 Å². The highest BCUT2D eigenvalue weighted by molar-refractivity contribution is 5.20. The topological polar surface area (TPSA) is 38.0 Å². The molecule has 0 saturated heterocycles. The van der Waals surface area contributed by atoms with Crippen LogP contribution in [0.4, 0.5) is 0 Å². The first-order valence-corrected chi connectivity index (χ1v) is 3.97. The molecule has 0 unspecified atom stereocenters. The number of aryl methyl sites for hydroxylation is 1. The van der Waals surface area contributed by atoms with Crippen LogP contribution < -0.4 is 0 Å². The van der Waals surface area contributed by atoms with Crippen LogP contribution in [0.1, 0.15) is 25.5 Å². The minimum atomic E-state index is 0.293. The summed E-state index contributed by atoms with van der Waals surface area (Å²) >= 11 is 0. The normalized spacial score (nSPS) is 10.4. The molecule has 0 aliphatic carbocycles. The summed E-state index contributed by atoms with van der Waals surface area (Å²) in [6, 6.07) is 0. The third-order valence-corrected chi connectivity index (χ3v) is 1.80. The molecule has 0 aliphatic heterocycles. The Morgan fingerprint density at radius 1 is 1.64 bits per heavy atom. The van der Waals surface area contributed by atoms with Gasteiger partial charge in [-0.15, -0.1) is 0 Å². The average Bonchev–Trinajstić information content (AvgIpc) is 2.31. The summed E-state index contributed by atoms with van der Waals surface area (Å²) < 4.78 is 1.83. The van der Waals surface area contributed by atoms with Crippen molar-refractivity contribution in [1.29, 1.82) is 0 Å². The highest BCUT2D eigenvalue weighted by atomic mass is 16.3. The molecule has 0 atom stereocenters. The standard InChI is InChI=1S/C8H14N2O/c1-3-4-5-10-7(2)8(11)6-9-10/h6,11H,3-5H2,1-2H3. The lowest BCUT2D eigenvalue weighted by Gasteiger charge is -2.01. The third-order valence-electron chi connectivity index (χ3n) is 1.80. The summed E-state index contributed by atoms with van der Waals surface area (Å²) in [6.07, 6.45) is 3.76. The molecule has 1 rings (SSSR count). The number of hydrogen-bond donors (Lipinski definition) is 1. The van der Waals surface area contributed by atoms with Gasteiger partial charge in [-0.1, -0.05) is 13.3 Å². The van der Waals surface area contributed by atoms with Gasteiger partial charge in [0.2, 0.25) is 0 Å². The van der Waals surface area contributed by atoms with E-state index in [-0.39, 0.29) is 0 Å². The molecule has 3 nitrogen and oxygen atoms in total. The molecule has 0 radical (unpaired) electrons. The number of rotatable bonds is 3. The fourth-order valence-electron chi connectivity index (χ4n) is 0.970. The number of nitrogens with zero attached hydrogens (tertiary/aromatic N) is 2. The summed E-state index contributed by atoms with van der Waals surface area (Å²) in [5.41, 5.74) is 0.860. The van der Waals surface area contributed by atoms with Gasteiger partial charge < -0.3 is 5.11 Å². The zero-order valence-electron chi connectivity index (χ0n) is 7.04. The van der Waals surface area contributed by atoms with Crippen LogP contribution in [0.5, 0.6) is 5.75 Å². The molecule has 0 aromatic carbocycles. The second-order valence-corrected chi connectivity index (χ2v) is 2.69. The average molecular weight is 154 g/mol. The summed E-state index contributed by atoms with van der Waals surface area (Å²) in [4.78, 5) is 0.